The average Bonchev–Trinajstić information content (AvgIpc) is 2.05. The van der Waals surface area contributed by atoms with Crippen molar-refractivity contribution in [3.05, 3.63) is 12.2 Å². The van der Waals surface area contributed by atoms with Gasteiger partial charge in [-0.05, 0) is 26.2 Å². The molecule has 0 saturated carbocycles. The lowest BCUT2D eigenvalue weighted by Gasteiger charge is -2.06. The lowest BCUT2D eigenvalue weighted by atomic mass is 9.99. The highest BCUT2D eigenvalue weighted by molar-refractivity contribution is 4.97. The molecule has 0 heterocycles. The second kappa shape index (κ2) is 7.41. The Labute approximate surface area is 70.7 Å². The molecule has 0 radical (unpaired) electrons. The fourth-order valence-electron chi connectivity index (χ4n) is 0.969. The molecule has 11 heavy (non-hydrogen) atoms. The van der Waals surface area contributed by atoms with Crippen LogP contribution in [0.15, 0.2) is 12.2 Å². The van der Waals surface area contributed by atoms with E-state index in [0.29, 0.717) is 0 Å². The Morgan fingerprint density at radius 2 is 2.18 bits per heavy atom. The molecule has 0 aliphatic rings. The van der Waals surface area contributed by atoms with Crippen LogP contribution in [-0.2, 0) is 0 Å². The van der Waals surface area contributed by atoms with E-state index in [1.807, 2.05) is 6.92 Å². The molecule has 0 aromatic carbocycles. The summed E-state index contributed by atoms with van der Waals surface area (Å²) < 4.78 is 0. The van der Waals surface area contributed by atoms with Crippen molar-refractivity contribution >= 4 is 0 Å². The SMILES string of the molecule is CC#CCC(CC)CC=CC. The molecule has 0 amide bonds. The summed E-state index contributed by atoms with van der Waals surface area (Å²) in [5, 5.41) is 0. The summed E-state index contributed by atoms with van der Waals surface area (Å²) in [4.78, 5) is 0. The second-order valence-corrected chi connectivity index (χ2v) is 2.71. The molecule has 0 aromatic rings. The molecule has 0 fully saturated rings. The maximum absolute atomic E-state index is 3.12. The van der Waals surface area contributed by atoms with Crippen LogP contribution in [-0.4, -0.2) is 0 Å². The summed E-state index contributed by atoms with van der Waals surface area (Å²) in [6.07, 6.45) is 7.81. The van der Waals surface area contributed by atoms with Crippen molar-refractivity contribution in [2.45, 2.75) is 40.0 Å². The van der Waals surface area contributed by atoms with E-state index in [1.165, 1.54) is 12.8 Å². The van der Waals surface area contributed by atoms with Gasteiger partial charge in [-0.1, -0.05) is 25.5 Å². The molecular weight excluding hydrogens is 132 g/mol. The fourth-order valence-corrected chi connectivity index (χ4v) is 0.969. The minimum atomic E-state index is 0.763. The molecule has 0 aliphatic carbocycles. The average molecular weight is 150 g/mol. The van der Waals surface area contributed by atoms with Crippen molar-refractivity contribution in [2.75, 3.05) is 0 Å². The van der Waals surface area contributed by atoms with E-state index < -0.39 is 0 Å². The Morgan fingerprint density at radius 3 is 2.64 bits per heavy atom. The first-order chi connectivity index (χ1) is 5.35. The van der Waals surface area contributed by atoms with Crippen LogP contribution in [0, 0.1) is 17.8 Å². The molecule has 0 rings (SSSR count). The van der Waals surface area contributed by atoms with Gasteiger partial charge in [0.1, 0.15) is 0 Å². The van der Waals surface area contributed by atoms with Crippen LogP contribution < -0.4 is 0 Å². The molecule has 0 N–H and O–H groups in total. The molecule has 0 saturated heterocycles. The monoisotopic (exact) mass is 150 g/mol. The molecule has 0 nitrogen and oxygen atoms in total. The van der Waals surface area contributed by atoms with Gasteiger partial charge >= 0.3 is 0 Å². The molecule has 0 heteroatoms. The van der Waals surface area contributed by atoms with Crippen molar-refractivity contribution in [1.82, 2.24) is 0 Å². The maximum Gasteiger partial charge on any atom is 0.0120 e. The van der Waals surface area contributed by atoms with Crippen molar-refractivity contribution in [1.29, 1.82) is 0 Å². The summed E-state index contributed by atoms with van der Waals surface area (Å²) in [6.45, 7) is 6.20. The Kier molecular flexibility index (Phi) is 6.94. The highest BCUT2D eigenvalue weighted by Crippen LogP contribution is 2.12. The molecule has 0 aliphatic heterocycles. The molecule has 0 bridgehead atoms. The third kappa shape index (κ3) is 5.73. The quantitative estimate of drug-likeness (QED) is 0.425. The molecule has 0 spiro atoms. The number of hydrogen-bond acceptors (Lipinski definition) is 0. The minimum absolute atomic E-state index is 0.763. The molecule has 1 atom stereocenters. The van der Waals surface area contributed by atoms with E-state index in [-0.39, 0.29) is 0 Å². The van der Waals surface area contributed by atoms with E-state index in [9.17, 15) is 0 Å². The predicted molar refractivity (Wildman–Crippen MR) is 51.3 cm³/mol. The van der Waals surface area contributed by atoms with Crippen molar-refractivity contribution in [2.24, 2.45) is 5.92 Å². The highest BCUT2D eigenvalue weighted by atomic mass is 14.0. The summed E-state index contributed by atoms with van der Waals surface area (Å²) in [5.41, 5.74) is 0. The highest BCUT2D eigenvalue weighted by Gasteiger charge is 2.00. The fraction of sp³-hybridized carbons (Fsp3) is 0.636. The van der Waals surface area contributed by atoms with E-state index in [0.717, 1.165) is 12.3 Å². The van der Waals surface area contributed by atoms with Crippen LogP contribution >= 0.6 is 0 Å². The zero-order valence-electron chi connectivity index (χ0n) is 7.85. The van der Waals surface area contributed by atoms with Crippen LogP contribution in [0.25, 0.3) is 0 Å². The lowest BCUT2D eigenvalue weighted by Crippen LogP contribution is -1.94. The largest absolute Gasteiger partial charge is 0.107 e. The zero-order chi connectivity index (χ0) is 8.53. The van der Waals surface area contributed by atoms with E-state index in [2.05, 4.69) is 37.8 Å². The Bertz CT molecular complexity index is 155. The predicted octanol–water partition coefficient (Wildman–Crippen LogP) is 3.39. The van der Waals surface area contributed by atoms with Gasteiger partial charge in [-0.25, -0.2) is 0 Å². The van der Waals surface area contributed by atoms with Crippen LogP contribution in [0.4, 0.5) is 0 Å². The van der Waals surface area contributed by atoms with E-state index in [1.54, 1.807) is 0 Å². The third-order valence-electron chi connectivity index (χ3n) is 1.85. The molecular formula is C11H18. The second-order valence-electron chi connectivity index (χ2n) is 2.71. The van der Waals surface area contributed by atoms with Crippen LogP contribution in [0.5, 0.6) is 0 Å². The van der Waals surface area contributed by atoms with Crippen LogP contribution in [0.3, 0.4) is 0 Å². The number of hydrogen-bond donors (Lipinski definition) is 0. The van der Waals surface area contributed by atoms with Crippen LogP contribution in [0.2, 0.25) is 0 Å². The smallest absolute Gasteiger partial charge is 0.0120 e. The Morgan fingerprint density at radius 1 is 1.45 bits per heavy atom. The van der Waals surface area contributed by atoms with Gasteiger partial charge in [0.25, 0.3) is 0 Å². The molecule has 62 valence electrons. The lowest BCUT2D eigenvalue weighted by molar-refractivity contribution is 0.531. The first-order valence-electron chi connectivity index (χ1n) is 4.35. The normalized spacial score (nSPS) is 12.6. The molecule has 1 unspecified atom stereocenters. The van der Waals surface area contributed by atoms with Crippen molar-refractivity contribution in [3.8, 4) is 11.8 Å². The summed E-state index contributed by atoms with van der Waals surface area (Å²) in [6, 6.07) is 0. The van der Waals surface area contributed by atoms with Gasteiger partial charge in [0.05, 0.1) is 0 Å². The Balaban J connectivity index is 3.63. The van der Waals surface area contributed by atoms with Gasteiger partial charge in [0, 0.05) is 6.42 Å². The topological polar surface area (TPSA) is 0 Å². The first-order valence-corrected chi connectivity index (χ1v) is 4.35. The van der Waals surface area contributed by atoms with Crippen molar-refractivity contribution in [3.63, 3.8) is 0 Å². The summed E-state index contributed by atoms with van der Waals surface area (Å²) in [5.74, 6) is 6.82. The first kappa shape index (κ1) is 10.3. The zero-order valence-corrected chi connectivity index (χ0v) is 7.85. The standard InChI is InChI=1S/C11H18/c1-4-7-9-11(6-3)10-8-5-2/h4,7,11H,6,9-10H2,1-3H3. The summed E-state index contributed by atoms with van der Waals surface area (Å²) in [7, 11) is 0. The van der Waals surface area contributed by atoms with E-state index >= 15 is 0 Å². The molecule has 0 aromatic heterocycles. The van der Waals surface area contributed by atoms with Crippen molar-refractivity contribution < 1.29 is 0 Å². The maximum atomic E-state index is 3.12. The van der Waals surface area contributed by atoms with Gasteiger partial charge in [-0.15, -0.1) is 11.8 Å². The third-order valence-corrected chi connectivity index (χ3v) is 1.85. The van der Waals surface area contributed by atoms with Gasteiger partial charge in [0.2, 0.25) is 0 Å². The van der Waals surface area contributed by atoms with E-state index in [4.69, 9.17) is 0 Å². The van der Waals surface area contributed by atoms with Gasteiger partial charge in [-0.2, -0.15) is 0 Å². The van der Waals surface area contributed by atoms with Crippen LogP contribution in [0.1, 0.15) is 40.0 Å². The summed E-state index contributed by atoms with van der Waals surface area (Å²) >= 11 is 0. The van der Waals surface area contributed by atoms with Gasteiger partial charge in [-0.3, -0.25) is 0 Å². The Hall–Kier alpha value is -0.700. The van der Waals surface area contributed by atoms with Gasteiger partial charge < -0.3 is 0 Å². The number of rotatable bonds is 4. The number of allylic oxidation sites excluding steroid dienone is 2. The minimum Gasteiger partial charge on any atom is -0.107 e. The van der Waals surface area contributed by atoms with Gasteiger partial charge in [0.15, 0.2) is 0 Å².